The maximum Gasteiger partial charge on any atom is 0.492 e. The van der Waals surface area contributed by atoms with Crippen LogP contribution in [0.25, 0.3) is 0 Å². The molecule has 0 saturated carbocycles. The largest absolute Gasteiger partial charge is 0.545 e. The molecule has 1 aromatic carbocycles. The molecule has 0 aliphatic carbocycles. The molecule has 0 atom stereocenters. The van der Waals surface area contributed by atoms with Gasteiger partial charge in [-0.1, -0.05) is 26.0 Å². The molecule has 5 heteroatoms. The Balaban J connectivity index is 3.13. The Kier molecular flexibility index (Phi) is 4.41. The van der Waals surface area contributed by atoms with Crippen LogP contribution in [-0.4, -0.2) is 25.5 Å². The zero-order chi connectivity index (χ0) is 13.2. The van der Waals surface area contributed by atoms with Crippen molar-refractivity contribution in [1.29, 1.82) is 0 Å². The highest BCUT2D eigenvalue weighted by molar-refractivity contribution is 6.71. The molecule has 3 nitrogen and oxygen atoms in total. The van der Waals surface area contributed by atoms with Gasteiger partial charge in [-0.05, 0) is 37.2 Å². The van der Waals surface area contributed by atoms with E-state index in [1.165, 1.54) is 0 Å². The van der Waals surface area contributed by atoms with Gasteiger partial charge in [0.15, 0.2) is 0 Å². The molecule has 0 unspecified atom stereocenters. The van der Waals surface area contributed by atoms with Crippen molar-refractivity contribution in [2.75, 3.05) is 0 Å². The Labute approximate surface area is 105 Å². The first-order chi connectivity index (χ1) is 7.70. The van der Waals surface area contributed by atoms with Crippen molar-refractivity contribution in [2.24, 2.45) is 0 Å². The molecule has 0 heterocycles. The third-order valence-electron chi connectivity index (χ3n) is 2.39. The lowest BCUT2D eigenvalue weighted by Gasteiger charge is -2.22. The smallest absolute Gasteiger partial charge is 0.492 e. The Morgan fingerprint density at radius 1 is 1.18 bits per heavy atom. The third-order valence-corrected chi connectivity index (χ3v) is 3.23. The molecule has 0 amide bonds. The van der Waals surface area contributed by atoms with Crippen LogP contribution in [0.15, 0.2) is 18.2 Å². The molecule has 0 aliphatic heterocycles. The summed E-state index contributed by atoms with van der Waals surface area (Å²) < 4.78 is 5.85. The highest BCUT2D eigenvalue weighted by Crippen LogP contribution is 2.19. The van der Waals surface area contributed by atoms with Crippen LogP contribution < -0.4 is 9.89 Å². The van der Waals surface area contributed by atoms with Crippen molar-refractivity contribution in [3.63, 3.8) is 0 Å². The lowest BCUT2D eigenvalue weighted by Crippen LogP contribution is -2.37. The fourth-order valence-electron chi connectivity index (χ4n) is 1.55. The lowest BCUT2D eigenvalue weighted by atomic mass is 9.78. The molecule has 1 rings (SSSR count). The van der Waals surface area contributed by atoms with Crippen molar-refractivity contribution in [3.8, 4) is 5.75 Å². The minimum Gasteiger partial charge on any atom is -0.545 e. The van der Waals surface area contributed by atoms with Crippen LogP contribution in [0.5, 0.6) is 5.75 Å². The van der Waals surface area contributed by atoms with E-state index in [4.69, 9.17) is 4.43 Å². The second-order valence-electron chi connectivity index (χ2n) is 5.54. The van der Waals surface area contributed by atoms with E-state index in [-0.39, 0.29) is 0 Å². The van der Waals surface area contributed by atoms with E-state index in [1.807, 2.05) is 18.2 Å². The van der Waals surface area contributed by atoms with Gasteiger partial charge in [-0.15, -0.1) is 0 Å². The number of rotatable bonds is 4. The van der Waals surface area contributed by atoms with Gasteiger partial charge in [0.25, 0.3) is 0 Å². The molecule has 2 N–H and O–H groups in total. The van der Waals surface area contributed by atoms with Gasteiger partial charge in [-0.25, -0.2) is 0 Å². The third kappa shape index (κ3) is 4.18. The Bertz CT molecular complexity index is 386. The molecular formula is C12H21BO3Si. The predicted molar refractivity (Wildman–Crippen MR) is 74.3 cm³/mol. The van der Waals surface area contributed by atoms with Crippen molar-refractivity contribution in [2.45, 2.75) is 39.4 Å². The van der Waals surface area contributed by atoms with E-state index < -0.39 is 15.4 Å². The lowest BCUT2D eigenvalue weighted by molar-refractivity contribution is 0.423. The molecule has 1 aromatic rings. The average molecular weight is 252 g/mol. The number of benzene rings is 1. The first-order valence-electron chi connectivity index (χ1n) is 5.89. The number of hydrogen-bond donors (Lipinski definition) is 2. The van der Waals surface area contributed by atoms with Crippen LogP contribution in [0, 0.1) is 0 Å². The van der Waals surface area contributed by atoms with Gasteiger partial charge >= 0.3 is 7.12 Å². The molecule has 0 fully saturated rings. The number of hydrogen-bond acceptors (Lipinski definition) is 3. The topological polar surface area (TPSA) is 49.7 Å². The fourth-order valence-corrected chi connectivity index (χ4v) is 2.40. The minimum absolute atomic E-state index is 0.355. The summed E-state index contributed by atoms with van der Waals surface area (Å²) in [6.07, 6.45) is 0. The summed E-state index contributed by atoms with van der Waals surface area (Å²) in [5.74, 6) is 0.942. The molecule has 0 saturated heterocycles. The SMILES string of the molecule is CC(C)c1ccc(O[Si](C)(C)C)c(B(O)O)c1. The van der Waals surface area contributed by atoms with Crippen LogP contribution in [0.4, 0.5) is 0 Å². The molecular weight excluding hydrogens is 231 g/mol. The van der Waals surface area contributed by atoms with Crippen LogP contribution in [0.2, 0.25) is 19.6 Å². The Morgan fingerprint density at radius 3 is 2.18 bits per heavy atom. The summed E-state index contributed by atoms with van der Waals surface area (Å²) in [6, 6.07) is 5.62. The minimum atomic E-state index is -1.74. The van der Waals surface area contributed by atoms with Gasteiger partial charge in [0.05, 0.1) is 0 Å². The summed E-state index contributed by atoms with van der Waals surface area (Å²) in [6.45, 7) is 10.3. The van der Waals surface area contributed by atoms with E-state index in [0.29, 0.717) is 17.1 Å². The van der Waals surface area contributed by atoms with Crippen molar-refractivity contribution in [3.05, 3.63) is 23.8 Å². The molecule has 0 radical (unpaired) electrons. The highest BCUT2D eigenvalue weighted by atomic mass is 28.4. The summed E-state index contributed by atoms with van der Waals surface area (Å²) in [5.41, 5.74) is 1.54. The van der Waals surface area contributed by atoms with Crippen LogP contribution >= 0.6 is 0 Å². The summed E-state index contributed by atoms with van der Waals surface area (Å²) >= 11 is 0. The monoisotopic (exact) mass is 252 g/mol. The molecule has 94 valence electrons. The van der Waals surface area contributed by atoms with Gasteiger partial charge in [0.1, 0.15) is 5.75 Å². The van der Waals surface area contributed by atoms with E-state index >= 15 is 0 Å². The Hall–Kier alpha value is -0.778. The normalized spacial score (nSPS) is 11.8. The van der Waals surface area contributed by atoms with E-state index in [2.05, 4.69) is 33.5 Å². The molecule has 0 bridgehead atoms. The molecule has 17 heavy (non-hydrogen) atoms. The van der Waals surface area contributed by atoms with Crippen LogP contribution in [0.3, 0.4) is 0 Å². The Morgan fingerprint density at radius 2 is 1.76 bits per heavy atom. The van der Waals surface area contributed by atoms with Crippen molar-refractivity contribution >= 4 is 20.9 Å². The quantitative estimate of drug-likeness (QED) is 0.802. The zero-order valence-corrected chi connectivity index (χ0v) is 12.2. The van der Waals surface area contributed by atoms with E-state index in [0.717, 1.165) is 5.56 Å². The fraction of sp³-hybridized carbons (Fsp3) is 0.500. The second-order valence-corrected chi connectivity index (χ2v) is 9.97. The molecule has 0 aliphatic rings. The predicted octanol–water partition coefficient (Wildman–Crippen LogP) is 1.70. The van der Waals surface area contributed by atoms with Gasteiger partial charge in [0.2, 0.25) is 8.32 Å². The van der Waals surface area contributed by atoms with Crippen molar-refractivity contribution in [1.82, 2.24) is 0 Å². The average Bonchev–Trinajstić information content (AvgIpc) is 2.14. The summed E-state index contributed by atoms with van der Waals surface area (Å²) in [7, 11) is -3.23. The van der Waals surface area contributed by atoms with Crippen LogP contribution in [0.1, 0.15) is 25.3 Å². The van der Waals surface area contributed by atoms with Gasteiger partial charge < -0.3 is 14.5 Å². The second kappa shape index (κ2) is 5.25. The standard InChI is InChI=1S/C12H21BO3Si/c1-9(2)10-6-7-12(16-17(3,4)5)11(8-10)13(14)15/h6-9,14-15H,1-5H3. The van der Waals surface area contributed by atoms with Crippen molar-refractivity contribution < 1.29 is 14.5 Å². The van der Waals surface area contributed by atoms with Gasteiger partial charge in [0, 0.05) is 5.46 Å². The zero-order valence-electron chi connectivity index (χ0n) is 11.2. The summed E-state index contributed by atoms with van der Waals surface area (Å²) in [5, 5.41) is 18.8. The molecule has 0 spiro atoms. The first-order valence-corrected chi connectivity index (χ1v) is 9.30. The highest BCUT2D eigenvalue weighted by Gasteiger charge is 2.23. The maximum atomic E-state index is 9.40. The van der Waals surface area contributed by atoms with E-state index in [1.54, 1.807) is 0 Å². The van der Waals surface area contributed by atoms with Gasteiger partial charge in [-0.2, -0.15) is 0 Å². The molecule has 0 aromatic heterocycles. The van der Waals surface area contributed by atoms with Crippen LogP contribution in [-0.2, 0) is 0 Å². The summed E-state index contributed by atoms with van der Waals surface area (Å²) in [4.78, 5) is 0. The maximum absolute atomic E-state index is 9.40. The van der Waals surface area contributed by atoms with Gasteiger partial charge in [-0.3, -0.25) is 0 Å². The van der Waals surface area contributed by atoms with E-state index in [9.17, 15) is 10.0 Å². The first kappa shape index (κ1) is 14.3.